The lowest BCUT2D eigenvalue weighted by molar-refractivity contribution is -0.126. The van der Waals surface area contributed by atoms with Crippen LogP contribution in [-0.2, 0) is 9.59 Å². The Morgan fingerprint density at radius 2 is 2.06 bits per heavy atom. The number of fused-ring (bicyclic) bond motifs is 1. The van der Waals surface area contributed by atoms with E-state index in [1.807, 2.05) is 55.1 Å². The van der Waals surface area contributed by atoms with Crippen molar-refractivity contribution in [1.29, 1.82) is 0 Å². The molecular weight excluding hydrogens is 445 g/mol. The molecule has 1 N–H and O–H groups in total. The molecule has 1 atom stereocenters. The van der Waals surface area contributed by atoms with Gasteiger partial charge in [-0.1, -0.05) is 24.3 Å². The van der Waals surface area contributed by atoms with Crippen LogP contribution in [0, 0.1) is 6.92 Å². The molecule has 3 rings (SSSR count). The van der Waals surface area contributed by atoms with E-state index in [2.05, 4.69) is 9.88 Å². The van der Waals surface area contributed by atoms with E-state index in [0.29, 0.717) is 25.6 Å². The molecule has 1 saturated heterocycles. The van der Waals surface area contributed by atoms with Crippen molar-refractivity contribution in [3.05, 3.63) is 59.5 Å². The Morgan fingerprint density at radius 3 is 2.74 bits per heavy atom. The number of rotatable bonds is 7. The Kier molecular flexibility index (Phi) is 8.98. The molecule has 8 heteroatoms. The summed E-state index contributed by atoms with van der Waals surface area (Å²) in [6, 6.07) is 5.81. The minimum absolute atomic E-state index is 0.00904. The predicted molar refractivity (Wildman–Crippen MR) is 139 cm³/mol. The molecular formula is C27H36FN5O2. The number of nitrogens with one attached hydrogen (secondary N) is 1. The smallest absolute Gasteiger partial charge is 0.257 e. The second kappa shape index (κ2) is 11.9. The maximum absolute atomic E-state index is 13.5. The van der Waals surface area contributed by atoms with Crippen molar-refractivity contribution < 1.29 is 14.0 Å². The van der Waals surface area contributed by atoms with Gasteiger partial charge in [0.05, 0.1) is 22.9 Å². The Hall–Kier alpha value is -3.26. The SMILES string of the molecule is C/C=C(\C=C(/C)F)C(=O)Nc1nc2cccc(C)c2n1C1CCCCN(C(=O)/C=C/CN(C)C)C1. The minimum atomic E-state index is -0.446. The topological polar surface area (TPSA) is 70.5 Å². The first kappa shape index (κ1) is 26.3. The zero-order chi connectivity index (χ0) is 25.5. The summed E-state index contributed by atoms with van der Waals surface area (Å²) in [5.74, 6) is -0.471. The van der Waals surface area contributed by atoms with E-state index in [9.17, 15) is 14.0 Å². The molecule has 2 amide bonds. The Labute approximate surface area is 207 Å². The van der Waals surface area contributed by atoms with Gasteiger partial charge in [-0.15, -0.1) is 0 Å². The summed E-state index contributed by atoms with van der Waals surface area (Å²) in [7, 11) is 3.92. The standard InChI is InChI=1S/C27H36FN5O2/c1-6-21(17-20(3)28)26(35)30-27-29-23-13-9-11-19(2)25(23)33(27)22-12-7-8-16-32(18-22)24(34)14-10-15-31(4)5/h6,9-11,13-14,17,22H,7-8,12,15-16,18H2,1-5H3,(H,29,30,35)/b14-10+,20-17+,21-6+. The number of carbonyl (C=O) groups excluding carboxylic acids is 2. The van der Waals surface area contributed by atoms with Crippen LogP contribution in [0.2, 0.25) is 0 Å². The number of anilines is 1. The van der Waals surface area contributed by atoms with Crippen molar-refractivity contribution >= 4 is 28.8 Å². The molecule has 1 aromatic carbocycles. The fraction of sp³-hybridized carbons (Fsp3) is 0.444. The number of aryl methyl sites for hydroxylation is 1. The lowest BCUT2D eigenvalue weighted by Gasteiger charge is -2.26. The van der Waals surface area contributed by atoms with Crippen LogP contribution in [0.3, 0.4) is 0 Å². The molecule has 7 nitrogen and oxygen atoms in total. The van der Waals surface area contributed by atoms with E-state index in [4.69, 9.17) is 4.98 Å². The number of likely N-dealkylation sites (tertiary alicyclic amines) is 1. The first-order valence-electron chi connectivity index (χ1n) is 12.1. The Balaban J connectivity index is 1.98. The lowest BCUT2D eigenvalue weighted by atomic mass is 10.1. The van der Waals surface area contributed by atoms with Crippen molar-refractivity contribution in [1.82, 2.24) is 19.4 Å². The molecule has 0 radical (unpaired) electrons. The van der Waals surface area contributed by atoms with Crippen LogP contribution in [-0.4, -0.2) is 64.9 Å². The number of hydrogen-bond acceptors (Lipinski definition) is 4. The zero-order valence-corrected chi connectivity index (χ0v) is 21.3. The van der Waals surface area contributed by atoms with Crippen molar-refractivity contribution in [3.8, 4) is 0 Å². The summed E-state index contributed by atoms with van der Waals surface area (Å²) in [6.45, 7) is 6.93. The summed E-state index contributed by atoms with van der Waals surface area (Å²) in [5, 5.41) is 2.90. The zero-order valence-electron chi connectivity index (χ0n) is 21.3. The second-order valence-corrected chi connectivity index (χ2v) is 9.28. The molecule has 2 aromatic rings. The van der Waals surface area contributed by atoms with Gasteiger partial charge in [0.15, 0.2) is 0 Å². The average molecular weight is 482 g/mol. The van der Waals surface area contributed by atoms with E-state index < -0.39 is 11.7 Å². The van der Waals surface area contributed by atoms with E-state index in [-0.39, 0.29) is 17.5 Å². The number of aromatic nitrogens is 2. The number of hydrogen-bond donors (Lipinski definition) is 1. The highest BCUT2D eigenvalue weighted by atomic mass is 19.1. The quantitative estimate of drug-likeness (QED) is 0.457. The fourth-order valence-corrected chi connectivity index (χ4v) is 4.43. The van der Waals surface area contributed by atoms with Crippen LogP contribution in [0.4, 0.5) is 10.3 Å². The average Bonchev–Trinajstić information content (AvgIpc) is 2.99. The molecule has 0 spiro atoms. The van der Waals surface area contributed by atoms with E-state index >= 15 is 0 Å². The normalized spacial score (nSPS) is 17.9. The van der Waals surface area contributed by atoms with Gasteiger partial charge in [0.2, 0.25) is 11.9 Å². The number of allylic oxidation sites excluding steroid dienone is 2. The molecule has 1 aliphatic rings. The molecule has 1 fully saturated rings. The molecule has 0 saturated carbocycles. The third-order valence-corrected chi connectivity index (χ3v) is 6.12. The monoisotopic (exact) mass is 481 g/mol. The van der Waals surface area contributed by atoms with Gasteiger partial charge in [-0.25, -0.2) is 9.37 Å². The van der Waals surface area contributed by atoms with Crippen molar-refractivity contribution in [2.75, 3.05) is 39.0 Å². The molecule has 1 unspecified atom stereocenters. The number of amides is 2. The van der Waals surface area contributed by atoms with Crippen LogP contribution in [0.1, 0.15) is 44.7 Å². The van der Waals surface area contributed by atoms with Crippen molar-refractivity contribution in [2.45, 2.75) is 46.1 Å². The number of benzene rings is 1. The summed E-state index contributed by atoms with van der Waals surface area (Å²) >= 11 is 0. The Morgan fingerprint density at radius 1 is 1.29 bits per heavy atom. The van der Waals surface area contributed by atoms with E-state index in [0.717, 1.165) is 35.9 Å². The minimum Gasteiger partial charge on any atom is -0.337 e. The second-order valence-electron chi connectivity index (χ2n) is 9.28. The molecule has 1 aromatic heterocycles. The van der Waals surface area contributed by atoms with Gasteiger partial charge >= 0.3 is 0 Å². The van der Waals surface area contributed by atoms with Gasteiger partial charge in [0.25, 0.3) is 5.91 Å². The third-order valence-electron chi connectivity index (χ3n) is 6.12. The number of halogens is 1. The first-order chi connectivity index (χ1) is 16.7. The van der Waals surface area contributed by atoms with Crippen LogP contribution >= 0.6 is 0 Å². The first-order valence-corrected chi connectivity index (χ1v) is 12.1. The molecule has 35 heavy (non-hydrogen) atoms. The highest BCUT2D eigenvalue weighted by molar-refractivity contribution is 6.05. The summed E-state index contributed by atoms with van der Waals surface area (Å²) < 4.78 is 15.6. The highest BCUT2D eigenvalue weighted by Crippen LogP contribution is 2.32. The van der Waals surface area contributed by atoms with Gasteiger partial charge < -0.3 is 14.4 Å². The number of likely N-dealkylation sites (N-methyl/N-ethyl adjacent to an activating group) is 1. The molecule has 1 aliphatic heterocycles. The summed E-state index contributed by atoms with van der Waals surface area (Å²) in [5.41, 5.74) is 2.97. The molecule has 188 valence electrons. The largest absolute Gasteiger partial charge is 0.337 e. The molecule has 0 bridgehead atoms. The number of carbonyl (C=O) groups is 2. The van der Waals surface area contributed by atoms with Crippen LogP contribution in [0.25, 0.3) is 11.0 Å². The fourth-order valence-electron chi connectivity index (χ4n) is 4.43. The van der Waals surface area contributed by atoms with Crippen LogP contribution in [0.15, 0.2) is 53.9 Å². The van der Waals surface area contributed by atoms with Crippen LogP contribution < -0.4 is 5.32 Å². The van der Waals surface area contributed by atoms with Crippen LogP contribution in [0.5, 0.6) is 0 Å². The van der Waals surface area contributed by atoms with Gasteiger partial charge in [-0.3, -0.25) is 14.9 Å². The van der Waals surface area contributed by atoms with E-state index in [1.54, 1.807) is 19.1 Å². The maximum Gasteiger partial charge on any atom is 0.257 e. The molecule has 0 aliphatic carbocycles. The summed E-state index contributed by atoms with van der Waals surface area (Å²) in [4.78, 5) is 34.5. The van der Waals surface area contributed by atoms with Gasteiger partial charge in [-0.2, -0.15) is 0 Å². The predicted octanol–water partition coefficient (Wildman–Crippen LogP) is 4.77. The summed E-state index contributed by atoms with van der Waals surface area (Å²) in [6.07, 6.45) is 9.03. The van der Waals surface area contributed by atoms with Crippen molar-refractivity contribution in [3.63, 3.8) is 0 Å². The lowest BCUT2D eigenvalue weighted by Crippen LogP contribution is -2.35. The van der Waals surface area contributed by atoms with Gasteiger partial charge in [0, 0.05) is 31.3 Å². The number of nitrogens with zero attached hydrogens (tertiary/aromatic N) is 4. The number of imidazole rings is 1. The third kappa shape index (κ3) is 6.66. The highest BCUT2D eigenvalue weighted by Gasteiger charge is 2.27. The number of para-hydroxylation sites is 1. The van der Waals surface area contributed by atoms with Gasteiger partial charge in [-0.05, 0) is 71.8 Å². The Bertz CT molecular complexity index is 1160. The van der Waals surface area contributed by atoms with Crippen molar-refractivity contribution in [2.24, 2.45) is 0 Å². The van der Waals surface area contributed by atoms with E-state index in [1.165, 1.54) is 13.0 Å². The maximum atomic E-state index is 13.5. The molecule has 2 heterocycles. The van der Waals surface area contributed by atoms with Gasteiger partial charge in [0.1, 0.15) is 0 Å².